The van der Waals surface area contributed by atoms with Gasteiger partial charge < -0.3 is 10.2 Å². The second-order valence-electron chi connectivity index (χ2n) is 6.33. The number of pyridine rings is 1. The molecule has 0 amide bonds. The fourth-order valence-corrected chi connectivity index (χ4v) is 3.47. The third kappa shape index (κ3) is 3.74. The Kier molecular flexibility index (Phi) is 5.09. The Morgan fingerprint density at radius 2 is 2.10 bits per heavy atom. The number of anilines is 1. The Balaban J connectivity index is 1.52. The fraction of sp³-hybridized carbons (Fsp3) is 0.706. The first-order chi connectivity index (χ1) is 10.4. The summed E-state index contributed by atoms with van der Waals surface area (Å²) < 4.78 is 0. The van der Waals surface area contributed by atoms with Crippen LogP contribution in [0.15, 0.2) is 18.3 Å². The number of hydrogen-bond donors (Lipinski definition) is 1. The van der Waals surface area contributed by atoms with E-state index in [9.17, 15) is 0 Å². The van der Waals surface area contributed by atoms with E-state index in [1.54, 1.807) is 0 Å². The number of aromatic nitrogens is 1. The van der Waals surface area contributed by atoms with Crippen LogP contribution in [-0.2, 0) is 6.54 Å². The van der Waals surface area contributed by atoms with E-state index in [4.69, 9.17) is 0 Å². The SMILES string of the molecule is CCCNCc1ccc(N2CCC(N3CCCC3)C2)nc1. The van der Waals surface area contributed by atoms with Gasteiger partial charge in [0.2, 0.25) is 0 Å². The van der Waals surface area contributed by atoms with E-state index < -0.39 is 0 Å². The van der Waals surface area contributed by atoms with Crippen molar-refractivity contribution in [2.45, 2.75) is 45.2 Å². The number of nitrogens with zero attached hydrogens (tertiary/aromatic N) is 3. The lowest BCUT2D eigenvalue weighted by molar-refractivity contribution is 0.260. The van der Waals surface area contributed by atoms with Gasteiger partial charge in [-0.3, -0.25) is 4.90 Å². The van der Waals surface area contributed by atoms with Gasteiger partial charge in [-0.2, -0.15) is 0 Å². The molecule has 1 atom stereocenters. The molecule has 21 heavy (non-hydrogen) atoms. The molecule has 1 unspecified atom stereocenters. The average Bonchev–Trinajstić information content (AvgIpc) is 3.19. The molecular formula is C17H28N4. The van der Waals surface area contributed by atoms with Crippen LogP contribution >= 0.6 is 0 Å². The zero-order chi connectivity index (χ0) is 14.5. The first kappa shape index (κ1) is 14.8. The Morgan fingerprint density at radius 1 is 1.24 bits per heavy atom. The van der Waals surface area contributed by atoms with Gasteiger partial charge in [-0.15, -0.1) is 0 Å². The second-order valence-corrected chi connectivity index (χ2v) is 6.33. The molecule has 4 nitrogen and oxygen atoms in total. The van der Waals surface area contributed by atoms with Gasteiger partial charge >= 0.3 is 0 Å². The van der Waals surface area contributed by atoms with Crippen molar-refractivity contribution < 1.29 is 0 Å². The molecule has 0 aromatic carbocycles. The van der Waals surface area contributed by atoms with Crippen LogP contribution < -0.4 is 10.2 Å². The highest BCUT2D eigenvalue weighted by Gasteiger charge is 2.29. The monoisotopic (exact) mass is 288 g/mol. The van der Waals surface area contributed by atoms with E-state index in [2.05, 4.69) is 39.2 Å². The van der Waals surface area contributed by atoms with E-state index in [1.807, 2.05) is 6.20 Å². The number of rotatable bonds is 6. The molecule has 2 aliphatic heterocycles. The van der Waals surface area contributed by atoms with Crippen LogP contribution in [0.1, 0.15) is 38.2 Å². The predicted molar refractivity (Wildman–Crippen MR) is 87.7 cm³/mol. The Morgan fingerprint density at radius 3 is 2.81 bits per heavy atom. The van der Waals surface area contributed by atoms with E-state index in [-0.39, 0.29) is 0 Å². The van der Waals surface area contributed by atoms with Gasteiger partial charge in [-0.05, 0) is 56.9 Å². The summed E-state index contributed by atoms with van der Waals surface area (Å²) in [5.74, 6) is 1.15. The molecule has 0 spiro atoms. The van der Waals surface area contributed by atoms with Crippen LogP contribution in [-0.4, -0.2) is 48.6 Å². The molecule has 2 fully saturated rings. The summed E-state index contributed by atoms with van der Waals surface area (Å²) in [6.45, 7) is 9.10. The number of hydrogen-bond acceptors (Lipinski definition) is 4. The minimum absolute atomic E-state index is 0.750. The maximum absolute atomic E-state index is 4.67. The third-order valence-corrected chi connectivity index (χ3v) is 4.71. The summed E-state index contributed by atoms with van der Waals surface area (Å²) in [6, 6.07) is 5.16. The van der Waals surface area contributed by atoms with Crippen molar-refractivity contribution in [3.8, 4) is 0 Å². The maximum atomic E-state index is 4.67. The topological polar surface area (TPSA) is 31.4 Å². The summed E-state index contributed by atoms with van der Waals surface area (Å²) in [5.41, 5.74) is 1.28. The lowest BCUT2D eigenvalue weighted by Crippen LogP contribution is -2.35. The summed E-state index contributed by atoms with van der Waals surface area (Å²) in [6.07, 6.45) is 7.27. The minimum Gasteiger partial charge on any atom is -0.355 e. The van der Waals surface area contributed by atoms with Crippen molar-refractivity contribution in [3.63, 3.8) is 0 Å². The number of likely N-dealkylation sites (tertiary alicyclic amines) is 1. The van der Waals surface area contributed by atoms with E-state index in [0.29, 0.717) is 0 Å². The highest BCUT2D eigenvalue weighted by molar-refractivity contribution is 5.41. The quantitative estimate of drug-likeness (QED) is 0.814. The van der Waals surface area contributed by atoms with E-state index >= 15 is 0 Å². The first-order valence-corrected chi connectivity index (χ1v) is 8.51. The van der Waals surface area contributed by atoms with Crippen LogP contribution in [0.2, 0.25) is 0 Å². The van der Waals surface area contributed by atoms with Gasteiger partial charge in [-0.1, -0.05) is 13.0 Å². The maximum Gasteiger partial charge on any atom is 0.128 e. The molecule has 2 saturated heterocycles. The summed E-state index contributed by atoms with van der Waals surface area (Å²) >= 11 is 0. The lowest BCUT2D eigenvalue weighted by Gasteiger charge is -2.24. The van der Waals surface area contributed by atoms with Crippen molar-refractivity contribution in [3.05, 3.63) is 23.9 Å². The molecule has 0 saturated carbocycles. The molecule has 1 N–H and O–H groups in total. The van der Waals surface area contributed by atoms with Crippen molar-refractivity contribution in [2.24, 2.45) is 0 Å². The van der Waals surface area contributed by atoms with Crippen molar-refractivity contribution >= 4 is 5.82 Å². The smallest absolute Gasteiger partial charge is 0.128 e. The molecule has 3 rings (SSSR count). The first-order valence-electron chi connectivity index (χ1n) is 8.51. The molecule has 0 aliphatic carbocycles. The van der Waals surface area contributed by atoms with Crippen LogP contribution in [0, 0.1) is 0 Å². The minimum atomic E-state index is 0.750. The lowest BCUT2D eigenvalue weighted by atomic mass is 10.2. The molecule has 2 aliphatic rings. The summed E-state index contributed by atoms with van der Waals surface area (Å²) in [5, 5.41) is 3.42. The second kappa shape index (κ2) is 7.23. The zero-order valence-electron chi connectivity index (χ0n) is 13.2. The average molecular weight is 288 g/mol. The highest BCUT2D eigenvalue weighted by atomic mass is 15.3. The van der Waals surface area contributed by atoms with Gasteiger partial charge in [0.1, 0.15) is 5.82 Å². The molecule has 3 heterocycles. The highest BCUT2D eigenvalue weighted by Crippen LogP contribution is 2.24. The largest absolute Gasteiger partial charge is 0.355 e. The molecule has 116 valence electrons. The zero-order valence-corrected chi connectivity index (χ0v) is 13.2. The van der Waals surface area contributed by atoms with E-state index in [1.165, 1.54) is 44.3 Å². The van der Waals surface area contributed by atoms with Crippen LogP contribution in [0.25, 0.3) is 0 Å². The normalized spacial score (nSPS) is 23.1. The molecule has 4 heteroatoms. The number of nitrogens with one attached hydrogen (secondary N) is 1. The van der Waals surface area contributed by atoms with Crippen LogP contribution in [0.3, 0.4) is 0 Å². The molecule has 1 aromatic rings. The Labute approximate surface area is 128 Å². The summed E-state index contributed by atoms with van der Waals surface area (Å²) in [4.78, 5) is 9.79. The van der Waals surface area contributed by atoms with Gasteiger partial charge in [0.05, 0.1) is 0 Å². The predicted octanol–water partition coefficient (Wildman–Crippen LogP) is 2.26. The van der Waals surface area contributed by atoms with Crippen LogP contribution in [0.5, 0.6) is 0 Å². The molecule has 0 bridgehead atoms. The summed E-state index contributed by atoms with van der Waals surface area (Å²) in [7, 11) is 0. The van der Waals surface area contributed by atoms with Crippen molar-refractivity contribution in [1.29, 1.82) is 0 Å². The van der Waals surface area contributed by atoms with Gasteiger partial charge in [-0.25, -0.2) is 4.98 Å². The Hall–Kier alpha value is -1.13. The fourth-order valence-electron chi connectivity index (χ4n) is 3.47. The van der Waals surface area contributed by atoms with Crippen LogP contribution in [0.4, 0.5) is 5.82 Å². The van der Waals surface area contributed by atoms with Gasteiger partial charge in [0, 0.05) is 31.9 Å². The standard InChI is InChI=1S/C17H28N4/c1-2-8-18-12-15-5-6-17(19-13-15)21-11-7-16(14-21)20-9-3-4-10-20/h5-6,13,16,18H,2-4,7-12,14H2,1H3. The molecular weight excluding hydrogens is 260 g/mol. The molecule has 1 aromatic heterocycles. The van der Waals surface area contributed by atoms with Crippen molar-refractivity contribution in [2.75, 3.05) is 37.6 Å². The van der Waals surface area contributed by atoms with E-state index in [0.717, 1.165) is 38.0 Å². The van der Waals surface area contributed by atoms with Gasteiger partial charge in [0.15, 0.2) is 0 Å². The van der Waals surface area contributed by atoms with Crippen molar-refractivity contribution in [1.82, 2.24) is 15.2 Å². The molecule has 0 radical (unpaired) electrons. The Bertz CT molecular complexity index is 425. The third-order valence-electron chi connectivity index (χ3n) is 4.71. The van der Waals surface area contributed by atoms with Gasteiger partial charge in [0.25, 0.3) is 0 Å².